The second kappa shape index (κ2) is 7.63. The summed E-state index contributed by atoms with van der Waals surface area (Å²) in [5.74, 6) is 0.527. The first-order chi connectivity index (χ1) is 9.08. The molecule has 1 aromatic carbocycles. The number of nitrogens with one attached hydrogen (secondary N) is 1. The minimum Gasteiger partial charge on any atom is -0.493 e. The summed E-state index contributed by atoms with van der Waals surface area (Å²) in [6, 6.07) is 7.49. The van der Waals surface area contributed by atoms with Crippen LogP contribution in [0.1, 0.15) is 6.42 Å². The lowest BCUT2D eigenvalue weighted by Crippen LogP contribution is -2.36. The van der Waals surface area contributed by atoms with E-state index in [4.69, 9.17) is 9.47 Å². The summed E-state index contributed by atoms with van der Waals surface area (Å²) < 4.78 is 10.3. The van der Waals surface area contributed by atoms with Gasteiger partial charge in [-0.25, -0.2) is 0 Å². The second-order valence-corrected chi connectivity index (χ2v) is 4.39. The maximum absolute atomic E-state index is 11.4. The average Bonchev–Trinajstić information content (AvgIpc) is 2.43. The zero-order valence-electron chi connectivity index (χ0n) is 12.0. The molecule has 0 saturated heterocycles. The normalized spacial score (nSPS) is 11.8. The van der Waals surface area contributed by atoms with Crippen molar-refractivity contribution in [1.29, 1.82) is 0 Å². The Kier molecular flexibility index (Phi) is 6.15. The molecule has 19 heavy (non-hydrogen) atoms. The smallest absolute Gasteiger partial charge is 0.322 e. The van der Waals surface area contributed by atoms with Crippen molar-refractivity contribution in [3.05, 3.63) is 24.3 Å². The first kappa shape index (κ1) is 15.3. The van der Waals surface area contributed by atoms with Crippen molar-refractivity contribution in [2.24, 2.45) is 0 Å². The van der Waals surface area contributed by atoms with Crippen LogP contribution in [0.25, 0.3) is 0 Å². The number of esters is 1. The fourth-order valence-corrected chi connectivity index (χ4v) is 1.67. The molecule has 0 aliphatic carbocycles. The number of carbonyl (C=O) groups is 1. The number of anilines is 1. The monoisotopic (exact) mass is 266 g/mol. The van der Waals surface area contributed by atoms with Crippen molar-refractivity contribution in [1.82, 2.24) is 5.32 Å². The Balaban J connectivity index is 2.48. The molecule has 0 radical (unpaired) electrons. The van der Waals surface area contributed by atoms with Gasteiger partial charge in [-0.05, 0) is 19.2 Å². The van der Waals surface area contributed by atoms with Crippen LogP contribution in [0.15, 0.2) is 24.3 Å². The second-order valence-electron chi connectivity index (χ2n) is 4.39. The summed E-state index contributed by atoms with van der Waals surface area (Å²) in [6.07, 6.45) is 0.565. The van der Waals surface area contributed by atoms with Gasteiger partial charge in [0.25, 0.3) is 0 Å². The van der Waals surface area contributed by atoms with Crippen LogP contribution < -0.4 is 15.0 Å². The number of carbonyl (C=O) groups excluding carboxylic acids is 1. The minimum absolute atomic E-state index is 0.270. The number of likely N-dealkylation sites (N-methyl/N-ethyl adjacent to an activating group) is 1. The molecule has 5 heteroatoms. The predicted molar refractivity (Wildman–Crippen MR) is 75.7 cm³/mol. The SMILES string of the molecule is CNC(CCOc1cccc(N(C)C)c1)C(=O)OC. The van der Waals surface area contributed by atoms with Gasteiger partial charge in [0.2, 0.25) is 0 Å². The highest BCUT2D eigenvalue weighted by atomic mass is 16.5. The molecule has 0 spiro atoms. The van der Waals surface area contributed by atoms with Gasteiger partial charge in [0, 0.05) is 32.3 Å². The molecule has 0 fully saturated rings. The molecule has 1 N–H and O–H groups in total. The third kappa shape index (κ3) is 4.79. The minimum atomic E-state index is -0.331. The lowest BCUT2D eigenvalue weighted by Gasteiger charge is -2.16. The van der Waals surface area contributed by atoms with Crippen molar-refractivity contribution in [2.45, 2.75) is 12.5 Å². The van der Waals surface area contributed by atoms with E-state index in [1.807, 2.05) is 43.3 Å². The molecule has 0 saturated carbocycles. The molecule has 1 unspecified atom stereocenters. The van der Waals surface area contributed by atoms with E-state index in [2.05, 4.69) is 5.32 Å². The van der Waals surface area contributed by atoms with Gasteiger partial charge in [0.05, 0.1) is 13.7 Å². The van der Waals surface area contributed by atoms with E-state index in [1.54, 1.807) is 7.05 Å². The van der Waals surface area contributed by atoms with E-state index in [0.717, 1.165) is 11.4 Å². The van der Waals surface area contributed by atoms with Crippen LogP contribution in [0.2, 0.25) is 0 Å². The molecular weight excluding hydrogens is 244 g/mol. The number of nitrogens with zero attached hydrogens (tertiary/aromatic N) is 1. The van der Waals surface area contributed by atoms with E-state index in [-0.39, 0.29) is 12.0 Å². The van der Waals surface area contributed by atoms with Crippen LogP contribution in [-0.4, -0.2) is 46.9 Å². The molecule has 1 rings (SSSR count). The van der Waals surface area contributed by atoms with E-state index < -0.39 is 0 Å². The molecule has 0 heterocycles. The van der Waals surface area contributed by atoms with Crippen LogP contribution in [0.5, 0.6) is 5.75 Å². The summed E-state index contributed by atoms with van der Waals surface area (Å²) >= 11 is 0. The quantitative estimate of drug-likeness (QED) is 0.754. The summed E-state index contributed by atoms with van der Waals surface area (Å²) in [7, 11) is 7.07. The molecule has 1 aromatic rings. The van der Waals surface area contributed by atoms with Gasteiger partial charge < -0.3 is 19.7 Å². The van der Waals surface area contributed by atoms with Gasteiger partial charge in [0.15, 0.2) is 0 Å². The van der Waals surface area contributed by atoms with Crippen LogP contribution >= 0.6 is 0 Å². The van der Waals surface area contributed by atoms with Crippen molar-refractivity contribution >= 4 is 11.7 Å². The highest BCUT2D eigenvalue weighted by Crippen LogP contribution is 2.19. The first-order valence-electron chi connectivity index (χ1n) is 6.23. The molecule has 1 atom stereocenters. The van der Waals surface area contributed by atoms with Gasteiger partial charge in [-0.1, -0.05) is 6.07 Å². The fraction of sp³-hybridized carbons (Fsp3) is 0.500. The standard InChI is InChI=1S/C14H22N2O3/c1-15-13(14(17)18-4)8-9-19-12-7-5-6-11(10-12)16(2)3/h5-7,10,13,15H,8-9H2,1-4H3. The Hall–Kier alpha value is -1.75. The Morgan fingerprint density at radius 1 is 1.42 bits per heavy atom. The van der Waals surface area contributed by atoms with Crippen molar-refractivity contribution < 1.29 is 14.3 Å². The van der Waals surface area contributed by atoms with Gasteiger partial charge >= 0.3 is 5.97 Å². The predicted octanol–water partition coefficient (Wildman–Crippen LogP) is 1.28. The number of ether oxygens (including phenoxy) is 2. The maximum Gasteiger partial charge on any atom is 0.322 e. The van der Waals surface area contributed by atoms with E-state index >= 15 is 0 Å². The van der Waals surface area contributed by atoms with Crippen molar-refractivity contribution in [2.75, 3.05) is 39.8 Å². The molecule has 0 amide bonds. The Bertz CT molecular complexity index is 407. The third-order valence-corrected chi connectivity index (χ3v) is 2.84. The maximum atomic E-state index is 11.4. The first-order valence-corrected chi connectivity index (χ1v) is 6.23. The molecule has 0 bridgehead atoms. The summed E-state index contributed by atoms with van der Waals surface area (Å²) in [4.78, 5) is 13.4. The molecular formula is C14H22N2O3. The van der Waals surface area contributed by atoms with Crippen LogP contribution in [0, 0.1) is 0 Å². The molecule has 0 aromatic heterocycles. The summed E-state index contributed by atoms with van der Waals surface area (Å²) in [5, 5.41) is 2.91. The largest absolute Gasteiger partial charge is 0.493 e. The van der Waals surface area contributed by atoms with Gasteiger partial charge in [-0.2, -0.15) is 0 Å². The number of methoxy groups -OCH3 is 1. The number of benzene rings is 1. The van der Waals surface area contributed by atoms with Crippen molar-refractivity contribution in [3.8, 4) is 5.75 Å². The zero-order valence-corrected chi connectivity index (χ0v) is 12.0. The van der Waals surface area contributed by atoms with Crippen molar-refractivity contribution in [3.63, 3.8) is 0 Å². The Labute approximate surface area is 114 Å². The Morgan fingerprint density at radius 3 is 2.74 bits per heavy atom. The lowest BCUT2D eigenvalue weighted by molar-refractivity contribution is -0.143. The number of hydrogen-bond donors (Lipinski definition) is 1. The van der Waals surface area contributed by atoms with E-state index in [1.165, 1.54) is 7.11 Å². The van der Waals surface area contributed by atoms with Crippen LogP contribution in [0.3, 0.4) is 0 Å². The van der Waals surface area contributed by atoms with Gasteiger partial charge in [-0.3, -0.25) is 4.79 Å². The number of rotatable bonds is 7. The molecule has 5 nitrogen and oxygen atoms in total. The van der Waals surface area contributed by atoms with Gasteiger partial charge in [-0.15, -0.1) is 0 Å². The summed E-state index contributed by atoms with van der Waals surface area (Å²) in [5.41, 5.74) is 1.08. The van der Waals surface area contributed by atoms with E-state index in [9.17, 15) is 4.79 Å². The molecule has 0 aliphatic rings. The highest BCUT2D eigenvalue weighted by molar-refractivity contribution is 5.75. The third-order valence-electron chi connectivity index (χ3n) is 2.84. The molecule has 0 aliphatic heterocycles. The average molecular weight is 266 g/mol. The topological polar surface area (TPSA) is 50.8 Å². The fourth-order valence-electron chi connectivity index (χ4n) is 1.67. The zero-order chi connectivity index (χ0) is 14.3. The van der Waals surface area contributed by atoms with Crippen LogP contribution in [-0.2, 0) is 9.53 Å². The van der Waals surface area contributed by atoms with E-state index in [0.29, 0.717) is 13.0 Å². The van der Waals surface area contributed by atoms with Crippen LogP contribution in [0.4, 0.5) is 5.69 Å². The molecule has 106 valence electrons. The number of hydrogen-bond acceptors (Lipinski definition) is 5. The lowest BCUT2D eigenvalue weighted by atomic mass is 10.2. The van der Waals surface area contributed by atoms with Gasteiger partial charge in [0.1, 0.15) is 11.8 Å². The summed E-state index contributed by atoms with van der Waals surface area (Å²) in [6.45, 7) is 0.456. The highest BCUT2D eigenvalue weighted by Gasteiger charge is 2.16. The Morgan fingerprint density at radius 2 is 2.16 bits per heavy atom.